The van der Waals surface area contributed by atoms with Crippen LogP contribution in [-0.4, -0.2) is 18.7 Å². The van der Waals surface area contributed by atoms with Gasteiger partial charge < -0.3 is 9.47 Å². The lowest BCUT2D eigenvalue weighted by Gasteiger charge is -2.20. The van der Waals surface area contributed by atoms with Crippen LogP contribution in [-0.2, 0) is 19.1 Å². The lowest BCUT2D eigenvalue weighted by atomic mass is 9.87. The summed E-state index contributed by atoms with van der Waals surface area (Å²) in [6.45, 7) is 1.04. The van der Waals surface area contributed by atoms with Gasteiger partial charge in [-0.2, -0.15) is 0 Å². The van der Waals surface area contributed by atoms with Crippen molar-refractivity contribution in [1.82, 2.24) is 0 Å². The van der Waals surface area contributed by atoms with Gasteiger partial charge in [-0.3, -0.25) is 9.59 Å². The first-order chi connectivity index (χ1) is 7.18. The smallest absolute Gasteiger partial charge is 0.308 e. The Balaban J connectivity index is 2.09. The van der Waals surface area contributed by atoms with E-state index in [1.165, 1.54) is 26.2 Å². The van der Waals surface area contributed by atoms with Crippen LogP contribution in [0.25, 0.3) is 0 Å². The fourth-order valence-electron chi connectivity index (χ4n) is 1.86. The summed E-state index contributed by atoms with van der Waals surface area (Å²) in [5.74, 6) is -0.229. The number of hydrogen-bond donors (Lipinski definition) is 0. The van der Waals surface area contributed by atoms with Crippen molar-refractivity contribution in [3.63, 3.8) is 0 Å². The number of rotatable bonds is 4. The van der Waals surface area contributed by atoms with Crippen molar-refractivity contribution in [3.8, 4) is 0 Å². The van der Waals surface area contributed by atoms with Gasteiger partial charge in [0.05, 0.1) is 0 Å². The summed E-state index contributed by atoms with van der Waals surface area (Å²) >= 11 is 0. The fourth-order valence-corrected chi connectivity index (χ4v) is 1.86. The van der Waals surface area contributed by atoms with Gasteiger partial charge in [0.15, 0.2) is 0 Å². The molecule has 4 heteroatoms. The maximum Gasteiger partial charge on any atom is 0.308 e. The van der Waals surface area contributed by atoms with Crippen LogP contribution in [0.5, 0.6) is 0 Å². The number of ether oxygens (including phenoxy) is 2. The third-order valence-electron chi connectivity index (χ3n) is 2.66. The topological polar surface area (TPSA) is 52.6 Å². The van der Waals surface area contributed by atoms with E-state index in [0.717, 1.165) is 12.8 Å². The van der Waals surface area contributed by atoms with Gasteiger partial charge in [-0.25, -0.2) is 0 Å². The van der Waals surface area contributed by atoms with E-state index in [-0.39, 0.29) is 12.8 Å². The molecule has 86 valence electrons. The lowest BCUT2D eigenvalue weighted by molar-refractivity contribution is -0.166. The van der Waals surface area contributed by atoms with E-state index in [2.05, 4.69) is 4.74 Å². The Morgan fingerprint density at radius 2 is 1.80 bits per heavy atom. The summed E-state index contributed by atoms with van der Waals surface area (Å²) in [5.41, 5.74) is 0. The molecule has 0 aromatic rings. The van der Waals surface area contributed by atoms with Crippen molar-refractivity contribution in [2.45, 2.75) is 45.4 Å². The first kappa shape index (κ1) is 12.0. The summed E-state index contributed by atoms with van der Waals surface area (Å²) in [7, 11) is 0. The van der Waals surface area contributed by atoms with Gasteiger partial charge >= 0.3 is 11.9 Å². The lowest BCUT2D eigenvalue weighted by Crippen LogP contribution is -2.16. The van der Waals surface area contributed by atoms with Gasteiger partial charge in [-0.1, -0.05) is 19.3 Å². The van der Waals surface area contributed by atoms with Gasteiger partial charge in [-0.15, -0.1) is 0 Å². The van der Waals surface area contributed by atoms with Crippen LogP contribution in [0, 0.1) is 5.92 Å². The molecule has 0 radical (unpaired) electrons. The minimum atomic E-state index is -0.430. The van der Waals surface area contributed by atoms with Crippen molar-refractivity contribution in [2.24, 2.45) is 5.92 Å². The molecular formula is C11H18O4. The Morgan fingerprint density at radius 3 is 2.40 bits per heavy atom. The normalized spacial score (nSPS) is 17.1. The van der Waals surface area contributed by atoms with Gasteiger partial charge in [0.1, 0.15) is 0 Å². The predicted octanol–water partition coefficient (Wildman–Crippen LogP) is 2.02. The van der Waals surface area contributed by atoms with Crippen LogP contribution in [0.15, 0.2) is 0 Å². The van der Waals surface area contributed by atoms with E-state index in [0.29, 0.717) is 12.3 Å². The van der Waals surface area contributed by atoms with Gasteiger partial charge in [0.25, 0.3) is 0 Å². The molecule has 0 spiro atoms. The molecule has 0 bridgehead atoms. The van der Waals surface area contributed by atoms with Crippen LogP contribution in [0.4, 0.5) is 0 Å². The third kappa shape index (κ3) is 5.40. The second-order valence-electron chi connectivity index (χ2n) is 3.98. The van der Waals surface area contributed by atoms with E-state index in [9.17, 15) is 9.59 Å². The molecule has 4 nitrogen and oxygen atoms in total. The molecule has 1 saturated carbocycles. The summed E-state index contributed by atoms with van der Waals surface area (Å²) in [6.07, 6.45) is 6.38. The van der Waals surface area contributed by atoms with Crippen LogP contribution in [0.2, 0.25) is 0 Å². The van der Waals surface area contributed by atoms with E-state index in [4.69, 9.17) is 4.74 Å². The average Bonchev–Trinajstić information content (AvgIpc) is 2.18. The molecular weight excluding hydrogens is 196 g/mol. The van der Waals surface area contributed by atoms with E-state index in [1.54, 1.807) is 0 Å². The highest BCUT2D eigenvalue weighted by Crippen LogP contribution is 2.26. The van der Waals surface area contributed by atoms with Crippen molar-refractivity contribution < 1.29 is 19.1 Å². The number of esters is 2. The van der Waals surface area contributed by atoms with Gasteiger partial charge in [0.2, 0.25) is 6.79 Å². The molecule has 1 fully saturated rings. The maximum absolute atomic E-state index is 11.3. The minimum Gasteiger partial charge on any atom is -0.428 e. The number of carbonyl (C=O) groups is 2. The van der Waals surface area contributed by atoms with Crippen molar-refractivity contribution in [1.29, 1.82) is 0 Å². The SMILES string of the molecule is CC(=O)OCOC(=O)CC1CCCCC1. The van der Waals surface area contributed by atoms with Crippen molar-refractivity contribution in [2.75, 3.05) is 6.79 Å². The van der Waals surface area contributed by atoms with E-state index in [1.807, 2.05) is 0 Å². The van der Waals surface area contributed by atoms with Crippen LogP contribution >= 0.6 is 0 Å². The monoisotopic (exact) mass is 214 g/mol. The molecule has 15 heavy (non-hydrogen) atoms. The Morgan fingerprint density at radius 1 is 1.13 bits per heavy atom. The molecule has 1 rings (SSSR count). The Bertz CT molecular complexity index is 219. The van der Waals surface area contributed by atoms with Crippen molar-refractivity contribution in [3.05, 3.63) is 0 Å². The van der Waals surface area contributed by atoms with Crippen molar-refractivity contribution >= 4 is 11.9 Å². The zero-order valence-corrected chi connectivity index (χ0v) is 9.16. The second-order valence-corrected chi connectivity index (χ2v) is 3.98. The molecule has 1 aliphatic carbocycles. The first-order valence-corrected chi connectivity index (χ1v) is 5.47. The largest absolute Gasteiger partial charge is 0.428 e. The summed E-state index contributed by atoms with van der Waals surface area (Å²) in [4.78, 5) is 21.7. The second kappa shape index (κ2) is 6.43. The van der Waals surface area contributed by atoms with E-state index < -0.39 is 5.97 Å². The van der Waals surface area contributed by atoms with Gasteiger partial charge in [0, 0.05) is 13.3 Å². The molecule has 1 aliphatic rings. The molecule has 0 aromatic carbocycles. The zero-order chi connectivity index (χ0) is 11.1. The molecule has 0 aliphatic heterocycles. The number of carbonyl (C=O) groups excluding carboxylic acids is 2. The molecule has 0 N–H and O–H groups in total. The molecule has 0 unspecified atom stereocenters. The van der Waals surface area contributed by atoms with Crippen LogP contribution in [0.1, 0.15) is 45.4 Å². The van der Waals surface area contributed by atoms with Crippen LogP contribution in [0.3, 0.4) is 0 Å². The standard InChI is InChI=1S/C11H18O4/c1-9(12)14-8-15-11(13)7-10-5-3-2-4-6-10/h10H,2-8H2,1H3. The summed E-state index contributed by atoms with van der Waals surface area (Å²) in [5, 5.41) is 0. The summed E-state index contributed by atoms with van der Waals surface area (Å²) < 4.78 is 9.29. The minimum absolute atomic E-state index is 0.249. The predicted molar refractivity (Wildman–Crippen MR) is 53.9 cm³/mol. The maximum atomic E-state index is 11.3. The highest BCUT2D eigenvalue weighted by molar-refractivity contribution is 5.70. The first-order valence-electron chi connectivity index (χ1n) is 5.47. The van der Waals surface area contributed by atoms with Crippen LogP contribution < -0.4 is 0 Å². The Kier molecular flexibility index (Phi) is 5.15. The third-order valence-corrected chi connectivity index (χ3v) is 2.66. The fraction of sp³-hybridized carbons (Fsp3) is 0.818. The zero-order valence-electron chi connectivity index (χ0n) is 9.16. The number of hydrogen-bond acceptors (Lipinski definition) is 4. The average molecular weight is 214 g/mol. The molecule has 0 aromatic heterocycles. The highest BCUT2D eigenvalue weighted by atomic mass is 16.7. The highest BCUT2D eigenvalue weighted by Gasteiger charge is 2.17. The molecule has 0 atom stereocenters. The Labute approximate surface area is 89.9 Å². The summed E-state index contributed by atoms with van der Waals surface area (Å²) in [6, 6.07) is 0. The molecule has 0 amide bonds. The quantitative estimate of drug-likeness (QED) is 0.530. The van der Waals surface area contributed by atoms with Gasteiger partial charge in [-0.05, 0) is 18.8 Å². The van der Waals surface area contributed by atoms with E-state index >= 15 is 0 Å². The molecule has 0 saturated heterocycles. The molecule has 0 heterocycles. The Hall–Kier alpha value is -1.06.